The van der Waals surface area contributed by atoms with E-state index in [-0.39, 0.29) is 11.4 Å². The second kappa shape index (κ2) is 6.12. The van der Waals surface area contributed by atoms with Crippen LogP contribution in [0.3, 0.4) is 0 Å². The SMILES string of the molecule is NC(=O)c1cc(-c2csc(NC(=O)c3cc4c(F)cccc4[nH]3)n2)c[nH]1. The van der Waals surface area contributed by atoms with Gasteiger partial charge in [0.05, 0.1) is 5.69 Å². The van der Waals surface area contributed by atoms with Gasteiger partial charge in [-0.05, 0) is 24.3 Å². The van der Waals surface area contributed by atoms with Gasteiger partial charge in [-0.2, -0.15) is 0 Å². The first kappa shape index (κ1) is 16.0. The molecule has 0 bridgehead atoms. The molecule has 130 valence electrons. The van der Waals surface area contributed by atoms with E-state index in [2.05, 4.69) is 20.3 Å². The van der Waals surface area contributed by atoms with Crippen molar-refractivity contribution in [3.8, 4) is 11.3 Å². The van der Waals surface area contributed by atoms with Gasteiger partial charge in [-0.3, -0.25) is 14.9 Å². The van der Waals surface area contributed by atoms with E-state index in [0.29, 0.717) is 27.3 Å². The molecule has 0 unspecified atom stereocenters. The third-order valence-corrected chi connectivity index (χ3v) is 4.58. The summed E-state index contributed by atoms with van der Waals surface area (Å²) < 4.78 is 13.7. The van der Waals surface area contributed by atoms with E-state index >= 15 is 0 Å². The standard InChI is InChI=1S/C17H12FN5O2S/c18-10-2-1-3-11-9(10)5-13(21-11)16(25)23-17-22-14(7-26-17)8-4-12(15(19)24)20-6-8/h1-7,20-21H,(H2,19,24)(H,22,23,25). The van der Waals surface area contributed by atoms with Gasteiger partial charge in [0, 0.05) is 28.0 Å². The molecule has 2 amide bonds. The lowest BCUT2D eigenvalue weighted by atomic mass is 10.2. The van der Waals surface area contributed by atoms with E-state index in [1.165, 1.54) is 23.5 Å². The van der Waals surface area contributed by atoms with Crippen molar-refractivity contribution >= 4 is 39.2 Å². The lowest BCUT2D eigenvalue weighted by Gasteiger charge is -1.98. The van der Waals surface area contributed by atoms with Crippen LogP contribution in [0.1, 0.15) is 21.0 Å². The number of nitrogens with one attached hydrogen (secondary N) is 3. The van der Waals surface area contributed by atoms with Gasteiger partial charge in [0.1, 0.15) is 17.2 Å². The van der Waals surface area contributed by atoms with Gasteiger partial charge in [0.25, 0.3) is 11.8 Å². The zero-order valence-corrected chi connectivity index (χ0v) is 14.0. The molecule has 3 aromatic heterocycles. The van der Waals surface area contributed by atoms with Crippen LogP contribution in [0.2, 0.25) is 0 Å². The number of nitrogens with zero attached hydrogens (tertiary/aromatic N) is 1. The maximum absolute atomic E-state index is 13.7. The molecule has 0 atom stereocenters. The number of rotatable bonds is 4. The highest BCUT2D eigenvalue weighted by molar-refractivity contribution is 7.14. The summed E-state index contributed by atoms with van der Waals surface area (Å²) in [5, 5.41) is 5.15. The zero-order valence-electron chi connectivity index (χ0n) is 13.2. The Morgan fingerprint density at radius 1 is 1.23 bits per heavy atom. The van der Waals surface area contributed by atoms with E-state index in [9.17, 15) is 14.0 Å². The minimum absolute atomic E-state index is 0.236. The summed E-state index contributed by atoms with van der Waals surface area (Å²) in [7, 11) is 0. The van der Waals surface area contributed by atoms with Crippen LogP contribution in [0, 0.1) is 5.82 Å². The van der Waals surface area contributed by atoms with Gasteiger partial charge in [-0.15, -0.1) is 11.3 Å². The Morgan fingerprint density at radius 3 is 2.81 bits per heavy atom. The van der Waals surface area contributed by atoms with Crippen LogP contribution in [-0.4, -0.2) is 26.8 Å². The lowest BCUT2D eigenvalue weighted by molar-refractivity contribution is 0.0993. The van der Waals surface area contributed by atoms with Crippen LogP contribution >= 0.6 is 11.3 Å². The normalized spacial score (nSPS) is 11.0. The number of fused-ring (bicyclic) bond motifs is 1. The predicted octanol–water partition coefficient (Wildman–Crippen LogP) is 3.11. The molecule has 0 fully saturated rings. The summed E-state index contributed by atoms with van der Waals surface area (Å²) >= 11 is 1.23. The molecule has 26 heavy (non-hydrogen) atoms. The Morgan fingerprint density at radius 2 is 2.08 bits per heavy atom. The largest absolute Gasteiger partial charge is 0.364 e. The van der Waals surface area contributed by atoms with Crippen molar-refractivity contribution in [2.24, 2.45) is 5.73 Å². The number of halogens is 1. The minimum Gasteiger partial charge on any atom is -0.364 e. The molecular weight excluding hydrogens is 357 g/mol. The van der Waals surface area contributed by atoms with Crippen LogP contribution in [0.25, 0.3) is 22.2 Å². The first-order chi connectivity index (χ1) is 12.5. The summed E-state index contributed by atoms with van der Waals surface area (Å²) in [6, 6.07) is 7.64. The quantitative estimate of drug-likeness (QED) is 0.443. The number of aromatic nitrogens is 3. The number of primary amides is 1. The van der Waals surface area contributed by atoms with Crippen molar-refractivity contribution in [1.29, 1.82) is 0 Å². The Kier molecular flexibility index (Phi) is 3.77. The highest BCUT2D eigenvalue weighted by Crippen LogP contribution is 2.26. The molecule has 0 aliphatic heterocycles. The Labute approximate surface area is 150 Å². The molecule has 0 aliphatic carbocycles. The maximum atomic E-state index is 13.7. The van der Waals surface area contributed by atoms with Crippen molar-refractivity contribution in [2.75, 3.05) is 5.32 Å². The number of aromatic amines is 2. The zero-order chi connectivity index (χ0) is 18.3. The molecule has 7 nitrogen and oxygen atoms in total. The summed E-state index contributed by atoms with van der Waals surface area (Å²) in [4.78, 5) is 33.5. The first-order valence-electron chi connectivity index (χ1n) is 7.54. The molecule has 0 aliphatic rings. The van der Waals surface area contributed by atoms with Crippen molar-refractivity contribution in [2.45, 2.75) is 0 Å². The number of carbonyl (C=O) groups is 2. The molecule has 0 radical (unpaired) electrons. The Balaban J connectivity index is 1.55. The number of amides is 2. The number of carbonyl (C=O) groups excluding carboxylic acids is 2. The van der Waals surface area contributed by atoms with Crippen molar-refractivity contribution in [3.63, 3.8) is 0 Å². The molecular formula is C17H12FN5O2S. The number of benzene rings is 1. The Bertz CT molecular complexity index is 1140. The summed E-state index contributed by atoms with van der Waals surface area (Å²) in [6.07, 6.45) is 1.61. The number of H-pyrrole nitrogens is 2. The van der Waals surface area contributed by atoms with Crippen LogP contribution in [0.4, 0.5) is 9.52 Å². The molecule has 9 heteroatoms. The topological polar surface area (TPSA) is 117 Å². The van der Waals surface area contributed by atoms with Crippen molar-refractivity contribution < 1.29 is 14.0 Å². The Hall–Kier alpha value is -3.46. The lowest BCUT2D eigenvalue weighted by Crippen LogP contribution is -2.11. The fourth-order valence-corrected chi connectivity index (χ4v) is 3.27. The average molecular weight is 369 g/mol. The van der Waals surface area contributed by atoms with E-state index in [1.54, 1.807) is 29.8 Å². The predicted molar refractivity (Wildman–Crippen MR) is 96.6 cm³/mol. The smallest absolute Gasteiger partial charge is 0.273 e. The van der Waals surface area contributed by atoms with Gasteiger partial charge in [0.2, 0.25) is 0 Å². The second-order valence-corrected chi connectivity index (χ2v) is 6.40. The monoisotopic (exact) mass is 369 g/mol. The number of nitrogens with two attached hydrogens (primary N) is 1. The van der Waals surface area contributed by atoms with Gasteiger partial charge in [-0.1, -0.05) is 6.07 Å². The molecule has 5 N–H and O–H groups in total. The second-order valence-electron chi connectivity index (χ2n) is 5.54. The van der Waals surface area contributed by atoms with Gasteiger partial charge >= 0.3 is 0 Å². The first-order valence-corrected chi connectivity index (χ1v) is 8.42. The van der Waals surface area contributed by atoms with Crippen LogP contribution < -0.4 is 11.1 Å². The van der Waals surface area contributed by atoms with Gasteiger partial charge in [-0.25, -0.2) is 9.37 Å². The molecule has 0 saturated carbocycles. The number of thiazole rings is 1. The summed E-state index contributed by atoms with van der Waals surface area (Å²) in [5.74, 6) is -1.38. The highest BCUT2D eigenvalue weighted by atomic mass is 32.1. The van der Waals surface area contributed by atoms with E-state index in [1.807, 2.05) is 0 Å². The van der Waals surface area contributed by atoms with Crippen LogP contribution in [0.15, 0.2) is 41.9 Å². The number of hydrogen-bond acceptors (Lipinski definition) is 4. The summed E-state index contributed by atoms with van der Waals surface area (Å²) in [6.45, 7) is 0. The molecule has 3 heterocycles. The fourth-order valence-electron chi connectivity index (χ4n) is 2.55. The van der Waals surface area contributed by atoms with Crippen molar-refractivity contribution in [3.05, 3.63) is 59.1 Å². The molecule has 0 spiro atoms. The molecule has 4 rings (SSSR count). The van der Waals surface area contributed by atoms with E-state index in [4.69, 9.17) is 5.73 Å². The third kappa shape index (κ3) is 2.84. The average Bonchev–Trinajstić information content (AvgIpc) is 3.33. The summed E-state index contributed by atoms with van der Waals surface area (Å²) in [5.41, 5.74) is 7.54. The number of anilines is 1. The van der Waals surface area contributed by atoms with Crippen LogP contribution in [-0.2, 0) is 0 Å². The van der Waals surface area contributed by atoms with Gasteiger partial charge in [0.15, 0.2) is 5.13 Å². The molecule has 0 saturated heterocycles. The van der Waals surface area contributed by atoms with Gasteiger partial charge < -0.3 is 15.7 Å². The fraction of sp³-hybridized carbons (Fsp3) is 0. The maximum Gasteiger partial charge on any atom is 0.273 e. The molecule has 1 aromatic carbocycles. The third-order valence-electron chi connectivity index (χ3n) is 3.82. The van der Waals surface area contributed by atoms with Crippen molar-refractivity contribution in [1.82, 2.24) is 15.0 Å². The van der Waals surface area contributed by atoms with E-state index in [0.717, 1.165) is 0 Å². The molecule has 4 aromatic rings. The number of hydrogen-bond donors (Lipinski definition) is 4. The van der Waals surface area contributed by atoms with Crippen LogP contribution in [0.5, 0.6) is 0 Å². The minimum atomic E-state index is -0.564. The highest BCUT2D eigenvalue weighted by Gasteiger charge is 2.15. The van der Waals surface area contributed by atoms with E-state index < -0.39 is 17.6 Å².